The van der Waals surface area contributed by atoms with Gasteiger partial charge in [-0.2, -0.15) is 34.9 Å². The monoisotopic (exact) mass is 310 g/mol. The number of hydrogen-bond donors (Lipinski definition) is 0. The Bertz CT molecular complexity index is 502. The Kier molecular flexibility index (Phi) is 5.15. The van der Waals surface area contributed by atoms with Gasteiger partial charge >= 0.3 is 0 Å². The summed E-state index contributed by atoms with van der Waals surface area (Å²) >= 11 is 0. The van der Waals surface area contributed by atoms with Crippen molar-refractivity contribution in [2.24, 2.45) is 0 Å². The van der Waals surface area contributed by atoms with Crippen molar-refractivity contribution in [2.45, 2.75) is 32.1 Å². The summed E-state index contributed by atoms with van der Waals surface area (Å²) in [4.78, 5) is 0. The van der Waals surface area contributed by atoms with Crippen LogP contribution in [-0.2, 0) is 52.0 Å². The van der Waals surface area contributed by atoms with Crippen molar-refractivity contribution in [3.63, 3.8) is 0 Å². The smallest absolute Gasteiger partial charge is 0 e. The van der Waals surface area contributed by atoms with E-state index in [9.17, 15) is 0 Å². The van der Waals surface area contributed by atoms with Crippen LogP contribution in [0.1, 0.15) is 35.1 Å². The Balaban J connectivity index is 0.00000120. The third-order valence-electron chi connectivity index (χ3n) is 3.55. The van der Waals surface area contributed by atoms with Crippen LogP contribution in [0.15, 0.2) is 42.5 Å². The van der Waals surface area contributed by atoms with Crippen molar-refractivity contribution in [1.29, 1.82) is 0 Å². The summed E-state index contributed by atoms with van der Waals surface area (Å²) in [5.41, 5.74) is 5.77. The van der Waals surface area contributed by atoms with E-state index in [-0.39, 0.29) is 32.7 Å². The molecule has 0 saturated carbocycles. The Hall–Kier alpha value is -0.456. The van der Waals surface area contributed by atoms with Gasteiger partial charge in [0.15, 0.2) is 0 Å². The molecule has 0 fully saturated rings. The second kappa shape index (κ2) is 6.64. The van der Waals surface area contributed by atoms with Gasteiger partial charge in [-0.1, -0.05) is 61.6 Å². The van der Waals surface area contributed by atoms with Crippen molar-refractivity contribution in [1.82, 2.24) is 0 Å². The quantitative estimate of drug-likeness (QED) is 0.737. The molecule has 0 atom stereocenters. The Morgan fingerprint density at radius 2 is 1.72 bits per heavy atom. The fraction of sp³-hybridized carbons (Fsp3) is 0.294. The summed E-state index contributed by atoms with van der Waals surface area (Å²) in [5.74, 6) is 0. The minimum atomic E-state index is 0. The third-order valence-corrected chi connectivity index (χ3v) is 3.55. The van der Waals surface area contributed by atoms with Crippen molar-refractivity contribution >= 4 is 0 Å². The summed E-state index contributed by atoms with van der Waals surface area (Å²) in [7, 11) is 0. The molecule has 3 rings (SSSR count). The van der Waals surface area contributed by atoms with E-state index in [1.54, 1.807) is 0 Å². The maximum absolute atomic E-state index is 3.48. The molecule has 1 radical (unpaired) electrons. The number of rotatable bonds is 2. The van der Waals surface area contributed by atoms with Crippen molar-refractivity contribution < 1.29 is 32.7 Å². The SMILES string of the molecule is [Y].[c-]1cc(Cc2ccccc2)cc2c1CCCC2. The molecule has 0 nitrogen and oxygen atoms in total. The van der Waals surface area contributed by atoms with E-state index < -0.39 is 0 Å². The molecule has 0 unspecified atom stereocenters. The molecule has 0 saturated heterocycles. The minimum absolute atomic E-state index is 0. The van der Waals surface area contributed by atoms with Crippen LogP contribution in [0, 0.1) is 6.07 Å². The second-order valence-electron chi connectivity index (χ2n) is 4.88. The molecule has 0 amide bonds. The average molecular weight is 310 g/mol. The van der Waals surface area contributed by atoms with Crippen LogP contribution >= 0.6 is 0 Å². The molecule has 89 valence electrons. The van der Waals surface area contributed by atoms with E-state index in [1.165, 1.54) is 47.9 Å². The van der Waals surface area contributed by atoms with Crippen LogP contribution in [-0.4, -0.2) is 0 Å². The molecule has 0 spiro atoms. The van der Waals surface area contributed by atoms with Gasteiger partial charge in [0.25, 0.3) is 0 Å². The number of hydrogen-bond acceptors (Lipinski definition) is 0. The van der Waals surface area contributed by atoms with Crippen LogP contribution in [0.5, 0.6) is 0 Å². The summed E-state index contributed by atoms with van der Waals surface area (Å²) < 4.78 is 0. The zero-order valence-corrected chi connectivity index (χ0v) is 13.5. The molecule has 0 aromatic heterocycles. The molecule has 0 bridgehead atoms. The van der Waals surface area contributed by atoms with E-state index in [0.29, 0.717) is 0 Å². The van der Waals surface area contributed by atoms with Gasteiger partial charge in [0.2, 0.25) is 0 Å². The molecular weight excluding hydrogens is 293 g/mol. The van der Waals surface area contributed by atoms with Gasteiger partial charge in [-0.15, -0.1) is 0 Å². The molecule has 0 aliphatic heterocycles. The van der Waals surface area contributed by atoms with Crippen molar-refractivity contribution in [3.8, 4) is 0 Å². The van der Waals surface area contributed by atoms with E-state index in [4.69, 9.17) is 0 Å². The fourth-order valence-electron chi connectivity index (χ4n) is 2.63. The van der Waals surface area contributed by atoms with Gasteiger partial charge in [0, 0.05) is 32.7 Å². The first-order valence-electron chi connectivity index (χ1n) is 6.48. The van der Waals surface area contributed by atoms with Gasteiger partial charge in [-0.3, -0.25) is 0 Å². The van der Waals surface area contributed by atoms with E-state index in [0.717, 1.165) is 6.42 Å². The fourth-order valence-corrected chi connectivity index (χ4v) is 2.63. The van der Waals surface area contributed by atoms with Crippen LogP contribution in [0.4, 0.5) is 0 Å². The van der Waals surface area contributed by atoms with Crippen LogP contribution in [0.2, 0.25) is 0 Å². The standard InChI is InChI=1S/C17H17.Y/c1-2-6-14(7-3-1)12-15-10-11-16-8-4-5-9-17(16)13-15;/h1-3,6-7,10,13H,4-5,8-9,12H2;/q-1;. The van der Waals surface area contributed by atoms with Gasteiger partial charge < -0.3 is 0 Å². The number of fused-ring (bicyclic) bond motifs is 1. The normalized spacial score (nSPS) is 13.6. The first-order chi connectivity index (χ1) is 8.42. The predicted octanol–water partition coefficient (Wildman–Crippen LogP) is 3.95. The summed E-state index contributed by atoms with van der Waals surface area (Å²) in [6, 6.07) is 18.7. The second-order valence-corrected chi connectivity index (χ2v) is 4.88. The van der Waals surface area contributed by atoms with Crippen molar-refractivity contribution in [2.75, 3.05) is 0 Å². The topological polar surface area (TPSA) is 0 Å². The molecule has 2 aromatic carbocycles. The summed E-state index contributed by atoms with van der Waals surface area (Å²) in [6.45, 7) is 0. The molecule has 0 N–H and O–H groups in total. The maximum atomic E-state index is 3.48. The zero-order chi connectivity index (χ0) is 11.5. The van der Waals surface area contributed by atoms with Gasteiger partial charge in [-0.25, -0.2) is 0 Å². The van der Waals surface area contributed by atoms with Gasteiger partial charge in [0.05, 0.1) is 0 Å². The average Bonchev–Trinajstić information content (AvgIpc) is 2.40. The number of aryl methyl sites for hydroxylation is 2. The van der Waals surface area contributed by atoms with Crippen LogP contribution in [0.25, 0.3) is 0 Å². The maximum Gasteiger partial charge on any atom is 0 e. The molecule has 18 heavy (non-hydrogen) atoms. The molecule has 1 aliphatic rings. The summed E-state index contributed by atoms with van der Waals surface area (Å²) in [6.07, 6.45) is 6.18. The molecule has 2 aromatic rings. The Morgan fingerprint density at radius 3 is 2.56 bits per heavy atom. The molecule has 0 heterocycles. The Morgan fingerprint density at radius 1 is 0.944 bits per heavy atom. The largest absolute Gasteiger partial charge is 0.180 e. The third kappa shape index (κ3) is 3.30. The Labute approximate surface area is 135 Å². The van der Waals surface area contributed by atoms with E-state index >= 15 is 0 Å². The minimum Gasteiger partial charge on any atom is -0.180 e. The van der Waals surface area contributed by atoms with Crippen LogP contribution < -0.4 is 0 Å². The van der Waals surface area contributed by atoms with E-state index in [1.807, 2.05) is 0 Å². The number of benzene rings is 2. The van der Waals surface area contributed by atoms with E-state index in [2.05, 4.69) is 48.5 Å². The predicted molar refractivity (Wildman–Crippen MR) is 71.2 cm³/mol. The molecular formula is C17H17Y-. The van der Waals surface area contributed by atoms with Crippen LogP contribution in [0.3, 0.4) is 0 Å². The summed E-state index contributed by atoms with van der Waals surface area (Å²) in [5, 5.41) is 0. The first kappa shape index (κ1) is 14.0. The molecule has 1 heteroatoms. The van der Waals surface area contributed by atoms with Gasteiger partial charge in [-0.05, 0) is 6.42 Å². The van der Waals surface area contributed by atoms with Crippen molar-refractivity contribution in [3.05, 3.63) is 70.8 Å². The first-order valence-corrected chi connectivity index (χ1v) is 6.48. The van der Waals surface area contributed by atoms with Gasteiger partial charge in [0.1, 0.15) is 0 Å². The molecule has 1 aliphatic carbocycles. The zero-order valence-electron chi connectivity index (χ0n) is 10.7.